The van der Waals surface area contributed by atoms with Gasteiger partial charge in [0.25, 0.3) is 0 Å². The highest BCUT2D eigenvalue weighted by Crippen LogP contribution is 2.05. The molecular weight excluding hydrogens is 172 g/mol. The Morgan fingerprint density at radius 3 is 2.07 bits per heavy atom. The molecule has 0 heterocycles. The molecular formula is C13H24O. The van der Waals surface area contributed by atoms with E-state index < -0.39 is 0 Å². The molecule has 0 N–H and O–H groups in total. The van der Waals surface area contributed by atoms with Crippen LogP contribution in [0.1, 0.15) is 64.7 Å². The van der Waals surface area contributed by atoms with E-state index in [4.69, 9.17) is 0 Å². The zero-order valence-electron chi connectivity index (χ0n) is 9.50. The zero-order valence-corrected chi connectivity index (χ0v) is 9.50. The Hall–Kier alpha value is -0.590. The van der Waals surface area contributed by atoms with Gasteiger partial charge in [-0.25, -0.2) is 0 Å². The Morgan fingerprint density at radius 2 is 1.43 bits per heavy atom. The minimum atomic E-state index is 0.709. The summed E-state index contributed by atoms with van der Waals surface area (Å²) in [4.78, 5) is 10.0. The highest BCUT2D eigenvalue weighted by Gasteiger charge is 1.86. The maximum Gasteiger partial charge on any atom is 0.120 e. The molecule has 0 spiro atoms. The van der Waals surface area contributed by atoms with Crippen LogP contribution >= 0.6 is 0 Å². The van der Waals surface area contributed by atoms with Gasteiger partial charge in [-0.15, -0.1) is 0 Å². The third kappa shape index (κ3) is 11.4. The summed E-state index contributed by atoms with van der Waals surface area (Å²) in [5, 5.41) is 0. The summed E-state index contributed by atoms with van der Waals surface area (Å²) in [6, 6.07) is 0. The molecule has 82 valence electrons. The minimum Gasteiger partial charge on any atom is -0.303 e. The molecule has 0 unspecified atom stereocenters. The van der Waals surface area contributed by atoms with E-state index in [1.54, 1.807) is 0 Å². The van der Waals surface area contributed by atoms with Crippen molar-refractivity contribution in [1.82, 2.24) is 0 Å². The lowest BCUT2D eigenvalue weighted by Gasteiger charge is -1.95. The molecule has 0 aromatic heterocycles. The van der Waals surface area contributed by atoms with Crippen LogP contribution in [0.3, 0.4) is 0 Å². The van der Waals surface area contributed by atoms with Crippen LogP contribution in [0.2, 0.25) is 0 Å². The molecule has 0 saturated carbocycles. The molecule has 0 amide bonds. The SMILES string of the molecule is CCCCCCCC=CCCCC=O. The topological polar surface area (TPSA) is 17.1 Å². The highest BCUT2D eigenvalue weighted by atomic mass is 16.1. The summed E-state index contributed by atoms with van der Waals surface area (Å²) in [6.45, 7) is 2.24. The van der Waals surface area contributed by atoms with E-state index in [-0.39, 0.29) is 0 Å². The largest absolute Gasteiger partial charge is 0.303 e. The molecule has 0 bridgehead atoms. The molecule has 0 aliphatic heterocycles. The third-order valence-electron chi connectivity index (χ3n) is 2.33. The fraction of sp³-hybridized carbons (Fsp3) is 0.769. The molecule has 0 aromatic carbocycles. The molecule has 0 fully saturated rings. The van der Waals surface area contributed by atoms with Crippen molar-refractivity contribution in [2.45, 2.75) is 64.7 Å². The second-order valence-electron chi connectivity index (χ2n) is 3.77. The number of hydrogen-bond acceptors (Lipinski definition) is 1. The Balaban J connectivity index is 2.99. The van der Waals surface area contributed by atoms with Gasteiger partial charge in [-0.1, -0.05) is 44.8 Å². The summed E-state index contributed by atoms with van der Waals surface area (Å²) >= 11 is 0. The van der Waals surface area contributed by atoms with Crippen LogP contribution in [-0.4, -0.2) is 6.29 Å². The fourth-order valence-corrected chi connectivity index (χ4v) is 1.42. The quantitative estimate of drug-likeness (QED) is 0.290. The summed E-state index contributed by atoms with van der Waals surface area (Å²) in [5.74, 6) is 0. The van der Waals surface area contributed by atoms with Gasteiger partial charge in [0.15, 0.2) is 0 Å². The average molecular weight is 196 g/mol. The van der Waals surface area contributed by atoms with Crippen LogP contribution in [0, 0.1) is 0 Å². The lowest BCUT2D eigenvalue weighted by molar-refractivity contribution is -0.107. The second kappa shape index (κ2) is 12.4. The summed E-state index contributed by atoms with van der Waals surface area (Å²) in [6.07, 6.45) is 16.2. The predicted molar refractivity (Wildman–Crippen MR) is 62.4 cm³/mol. The van der Waals surface area contributed by atoms with E-state index in [0.717, 1.165) is 19.1 Å². The number of aldehydes is 1. The first kappa shape index (κ1) is 13.4. The molecule has 0 aliphatic carbocycles. The predicted octanol–water partition coefficient (Wildman–Crippen LogP) is 4.27. The summed E-state index contributed by atoms with van der Waals surface area (Å²) in [7, 11) is 0. The minimum absolute atomic E-state index is 0.709. The van der Waals surface area contributed by atoms with Crippen LogP contribution in [0.4, 0.5) is 0 Å². The monoisotopic (exact) mass is 196 g/mol. The van der Waals surface area contributed by atoms with Crippen molar-refractivity contribution in [1.29, 1.82) is 0 Å². The van der Waals surface area contributed by atoms with E-state index in [0.29, 0.717) is 6.42 Å². The molecule has 1 nitrogen and oxygen atoms in total. The number of hydrogen-bond donors (Lipinski definition) is 0. The van der Waals surface area contributed by atoms with Crippen LogP contribution in [0.5, 0.6) is 0 Å². The van der Waals surface area contributed by atoms with E-state index in [2.05, 4.69) is 19.1 Å². The van der Waals surface area contributed by atoms with Crippen molar-refractivity contribution in [2.75, 3.05) is 0 Å². The van der Waals surface area contributed by atoms with Crippen LogP contribution in [-0.2, 0) is 4.79 Å². The first-order valence-corrected chi connectivity index (χ1v) is 6.00. The van der Waals surface area contributed by atoms with Crippen molar-refractivity contribution in [3.05, 3.63) is 12.2 Å². The van der Waals surface area contributed by atoms with Crippen LogP contribution in [0.15, 0.2) is 12.2 Å². The maximum absolute atomic E-state index is 10.0. The Labute approximate surface area is 88.6 Å². The smallest absolute Gasteiger partial charge is 0.120 e. The van der Waals surface area contributed by atoms with Crippen molar-refractivity contribution < 1.29 is 4.79 Å². The van der Waals surface area contributed by atoms with Crippen molar-refractivity contribution >= 4 is 6.29 Å². The molecule has 0 atom stereocenters. The molecule has 0 rings (SSSR count). The van der Waals surface area contributed by atoms with E-state index in [1.807, 2.05) is 0 Å². The van der Waals surface area contributed by atoms with Gasteiger partial charge < -0.3 is 4.79 Å². The molecule has 1 heteroatoms. The molecule has 0 radical (unpaired) electrons. The van der Waals surface area contributed by atoms with E-state index in [1.165, 1.54) is 38.5 Å². The highest BCUT2D eigenvalue weighted by molar-refractivity contribution is 5.48. The lowest BCUT2D eigenvalue weighted by Crippen LogP contribution is -1.77. The Morgan fingerprint density at radius 1 is 0.786 bits per heavy atom. The van der Waals surface area contributed by atoms with E-state index in [9.17, 15) is 4.79 Å². The molecule has 0 saturated heterocycles. The number of unbranched alkanes of at least 4 members (excludes halogenated alkanes) is 7. The number of carbonyl (C=O) groups is 1. The van der Waals surface area contributed by atoms with Gasteiger partial charge in [-0.2, -0.15) is 0 Å². The van der Waals surface area contributed by atoms with Gasteiger partial charge in [-0.05, 0) is 25.7 Å². The van der Waals surface area contributed by atoms with Gasteiger partial charge in [0, 0.05) is 6.42 Å². The van der Waals surface area contributed by atoms with Crippen molar-refractivity contribution in [3.8, 4) is 0 Å². The maximum atomic E-state index is 10.0. The lowest BCUT2D eigenvalue weighted by atomic mass is 10.1. The first-order chi connectivity index (χ1) is 6.91. The first-order valence-electron chi connectivity index (χ1n) is 6.00. The third-order valence-corrected chi connectivity index (χ3v) is 2.33. The zero-order chi connectivity index (χ0) is 10.5. The van der Waals surface area contributed by atoms with Gasteiger partial charge in [-0.3, -0.25) is 0 Å². The Bertz CT molecular complexity index is 138. The van der Waals surface area contributed by atoms with Crippen molar-refractivity contribution in [3.63, 3.8) is 0 Å². The van der Waals surface area contributed by atoms with Gasteiger partial charge in [0.2, 0.25) is 0 Å². The normalized spacial score (nSPS) is 10.9. The summed E-state index contributed by atoms with van der Waals surface area (Å²) < 4.78 is 0. The number of rotatable bonds is 10. The average Bonchev–Trinajstić information content (AvgIpc) is 2.21. The van der Waals surface area contributed by atoms with E-state index >= 15 is 0 Å². The molecule has 14 heavy (non-hydrogen) atoms. The van der Waals surface area contributed by atoms with Gasteiger partial charge in [0.05, 0.1) is 0 Å². The second-order valence-corrected chi connectivity index (χ2v) is 3.77. The Kier molecular flexibility index (Phi) is 11.9. The molecule has 0 aromatic rings. The van der Waals surface area contributed by atoms with Gasteiger partial charge >= 0.3 is 0 Å². The van der Waals surface area contributed by atoms with Crippen molar-refractivity contribution in [2.24, 2.45) is 0 Å². The standard InChI is InChI=1S/C13H24O/c1-2-3-4-5-6-7-8-9-10-11-12-13-14/h8-9,13H,2-7,10-12H2,1H3. The number of allylic oxidation sites excluding steroid dienone is 2. The molecule has 0 aliphatic rings. The number of carbonyl (C=O) groups excluding carboxylic acids is 1. The summed E-state index contributed by atoms with van der Waals surface area (Å²) in [5.41, 5.74) is 0. The van der Waals surface area contributed by atoms with Crippen LogP contribution < -0.4 is 0 Å². The van der Waals surface area contributed by atoms with Crippen LogP contribution in [0.25, 0.3) is 0 Å². The van der Waals surface area contributed by atoms with Gasteiger partial charge in [0.1, 0.15) is 6.29 Å². The fourth-order valence-electron chi connectivity index (χ4n) is 1.42.